The predicted molar refractivity (Wildman–Crippen MR) is 123 cm³/mol. The van der Waals surface area contributed by atoms with Gasteiger partial charge in [0.2, 0.25) is 5.95 Å². The molecular formula is C28H24FNO. The molecule has 3 aromatic carbocycles. The molecule has 4 aromatic rings. The Morgan fingerprint density at radius 1 is 0.839 bits per heavy atom. The van der Waals surface area contributed by atoms with Gasteiger partial charge in [0, 0.05) is 30.2 Å². The van der Waals surface area contributed by atoms with Gasteiger partial charge in [-0.15, -0.1) is 0 Å². The Hall–Kier alpha value is -3.59. The molecule has 1 atom stereocenters. The Kier molecular flexibility index (Phi) is 6.03. The minimum atomic E-state index is -0.631. The monoisotopic (exact) mass is 409 g/mol. The third-order valence-electron chi connectivity index (χ3n) is 5.74. The van der Waals surface area contributed by atoms with Gasteiger partial charge in [-0.25, -0.2) is 4.98 Å². The first kappa shape index (κ1) is 20.7. The van der Waals surface area contributed by atoms with Gasteiger partial charge in [-0.2, -0.15) is 4.39 Å². The Morgan fingerprint density at radius 2 is 1.48 bits per heavy atom. The lowest BCUT2D eigenvalue weighted by atomic mass is 9.83. The highest BCUT2D eigenvalue weighted by Gasteiger charge is 2.22. The lowest BCUT2D eigenvalue weighted by Crippen LogP contribution is -2.12. The number of nitrogens with zero attached hydrogens (tertiary/aromatic N) is 1. The molecule has 1 heterocycles. The minimum Gasteiger partial charge on any atom is -0.294 e. The smallest absolute Gasteiger partial charge is 0.213 e. The summed E-state index contributed by atoms with van der Waals surface area (Å²) in [5.41, 5.74) is 6.67. The molecule has 31 heavy (non-hydrogen) atoms. The summed E-state index contributed by atoms with van der Waals surface area (Å²) in [6, 6.07) is 27.9. The second-order valence-electron chi connectivity index (χ2n) is 7.85. The highest BCUT2D eigenvalue weighted by Crippen LogP contribution is 2.33. The summed E-state index contributed by atoms with van der Waals surface area (Å²) in [6.07, 6.45) is 1.68. The van der Waals surface area contributed by atoms with Gasteiger partial charge in [-0.1, -0.05) is 78.9 Å². The lowest BCUT2D eigenvalue weighted by molar-refractivity contribution is 0.0976. The molecule has 4 rings (SSSR count). The number of rotatable bonds is 6. The molecular weight excluding hydrogens is 385 g/mol. The van der Waals surface area contributed by atoms with Crippen LogP contribution in [0.2, 0.25) is 0 Å². The van der Waals surface area contributed by atoms with Crippen LogP contribution in [0.3, 0.4) is 0 Å². The van der Waals surface area contributed by atoms with Crippen LogP contribution in [-0.2, 0) is 0 Å². The van der Waals surface area contributed by atoms with Crippen molar-refractivity contribution in [3.8, 4) is 11.1 Å². The molecule has 0 amide bonds. The number of ketones is 1. The maximum Gasteiger partial charge on any atom is 0.213 e. The quantitative estimate of drug-likeness (QED) is 0.256. The second-order valence-corrected chi connectivity index (χ2v) is 7.85. The van der Waals surface area contributed by atoms with Crippen LogP contribution in [0, 0.1) is 19.8 Å². The van der Waals surface area contributed by atoms with E-state index in [1.807, 2.05) is 30.3 Å². The number of hydrogen-bond donors (Lipinski definition) is 0. The molecule has 1 aromatic heterocycles. The largest absolute Gasteiger partial charge is 0.294 e. The van der Waals surface area contributed by atoms with Gasteiger partial charge < -0.3 is 0 Å². The van der Waals surface area contributed by atoms with Gasteiger partial charge in [0.05, 0.1) is 0 Å². The topological polar surface area (TPSA) is 30.0 Å². The number of Topliss-reactive ketones (excluding diaryl/α,β-unsaturated/α-hetero) is 1. The summed E-state index contributed by atoms with van der Waals surface area (Å²) >= 11 is 0. The fraction of sp³-hybridized carbons (Fsp3) is 0.143. The van der Waals surface area contributed by atoms with Gasteiger partial charge >= 0.3 is 0 Å². The molecule has 0 aliphatic heterocycles. The summed E-state index contributed by atoms with van der Waals surface area (Å²) in [7, 11) is 0. The van der Waals surface area contributed by atoms with Crippen LogP contribution in [0.1, 0.15) is 45.0 Å². The van der Waals surface area contributed by atoms with Crippen molar-refractivity contribution < 1.29 is 9.18 Å². The first-order chi connectivity index (χ1) is 15.0. The maximum absolute atomic E-state index is 13.7. The van der Waals surface area contributed by atoms with Crippen molar-refractivity contribution in [2.75, 3.05) is 0 Å². The minimum absolute atomic E-state index is 0.0841. The van der Waals surface area contributed by atoms with E-state index in [1.54, 1.807) is 6.92 Å². The average molecular weight is 410 g/mol. The van der Waals surface area contributed by atoms with E-state index in [2.05, 4.69) is 60.4 Å². The van der Waals surface area contributed by atoms with Crippen molar-refractivity contribution in [3.05, 3.63) is 125 Å². The molecule has 0 fully saturated rings. The van der Waals surface area contributed by atoms with E-state index in [9.17, 15) is 9.18 Å². The number of aryl methyl sites for hydroxylation is 2. The molecule has 0 saturated carbocycles. The van der Waals surface area contributed by atoms with Crippen molar-refractivity contribution in [2.24, 2.45) is 0 Å². The van der Waals surface area contributed by atoms with Crippen LogP contribution < -0.4 is 0 Å². The lowest BCUT2D eigenvalue weighted by Gasteiger charge is -2.20. The fourth-order valence-corrected chi connectivity index (χ4v) is 4.02. The molecule has 0 N–H and O–H groups in total. The fourth-order valence-electron chi connectivity index (χ4n) is 4.02. The Labute approximate surface area is 182 Å². The summed E-state index contributed by atoms with van der Waals surface area (Å²) in [5.74, 6) is -0.832. The van der Waals surface area contributed by atoms with E-state index >= 15 is 0 Å². The zero-order chi connectivity index (χ0) is 21.8. The summed E-state index contributed by atoms with van der Waals surface area (Å²) in [6.45, 7) is 3.85. The summed E-state index contributed by atoms with van der Waals surface area (Å²) in [4.78, 5) is 16.8. The van der Waals surface area contributed by atoms with Crippen molar-refractivity contribution in [1.82, 2.24) is 4.98 Å². The Balaban J connectivity index is 1.71. The van der Waals surface area contributed by atoms with Gasteiger partial charge in [0.25, 0.3) is 0 Å². The maximum atomic E-state index is 13.7. The van der Waals surface area contributed by atoms with E-state index in [0.29, 0.717) is 11.1 Å². The standard InChI is InChI=1S/C28H24FNO/c1-19-8-6-7-11-24(19)26(16-27(31)25-17-28(29)30-18-20(25)2)23-14-12-22(13-15-23)21-9-4-3-5-10-21/h3-15,17-18,26H,16H2,1-2H3. The number of carbonyl (C=O) groups is 1. The van der Waals surface area contributed by atoms with Crippen LogP contribution >= 0.6 is 0 Å². The number of carbonyl (C=O) groups excluding carboxylic acids is 1. The third kappa shape index (κ3) is 4.61. The molecule has 0 aliphatic carbocycles. The molecule has 0 radical (unpaired) electrons. The van der Waals surface area contributed by atoms with Gasteiger partial charge in [-0.3, -0.25) is 4.79 Å². The van der Waals surface area contributed by atoms with Gasteiger partial charge in [-0.05, 0) is 47.2 Å². The van der Waals surface area contributed by atoms with Gasteiger partial charge in [0.15, 0.2) is 5.78 Å². The average Bonchev–Trinajstić information content (AvgIpc) is 2.80. The number of aromatic nitrogens is 1. The number of benzene rings is 3. The molecule has 0 spiro atoms. The van der Waals surface area contributed by atoms with Crippen molar-refractivity contribution in [2.45, 2.75) is 26.2 Å². The van der Waals surface area contributed by atoms with Crippen LogP contribution in [0.15, 0.2) is 91.1 Å². The Bertz CT molecular complexity index is 1200. The summed E-state index contributed by atoms with van der Waals surface area (Å²) < 4.78 is 13.7. The molecule has 154 valence electrons. The van der Waals surface area contributed by atoms with Crippen LogP contribution in [0.5, 0.6) is 0 Å². The second kappa shape index (κ2) is 9.05. The molecule has 1 unspecified atom stereocenters. The van der Waals surface area contributed by atoms with E-state index < -0.39 is 5.95 Å². The van der Waals surface area contributed by atoms with Crippen LogP contribution in [-0.4, -0.2) is 10.8 Å². The zero-order valence-corrected chi connectivity index (χ0v) is 17.7. The Morgan fingerprint density at radius 3 is 2.19 bits per heavy atom. The molecule has 0 aliphatic rings. The highest BCUT2D eigenvalue weighted by atomic mass is 19.1. The van der Waals surface area contributed by atoms with Crippen molar-refractivity contribution in [3.63, 3.8) is 0 Å². The predicted octanol–water partition coefficient (Wildman–Crippen LogP) is 6.91. The van der Waals surface area contributed by atoms with Gasteiger partial charge in [0.1, 0.15) is 0 Å². The van der Waals surface area contributed by atoms with Crippen LogP contribution in [0.25, 0.3) is 11.1 Å². The molecule has 3 heteroatoms. The first-order valence-corrected chi connectivity index (χ1v) is 10.4. The van der Waals surface area contributed by atoms with Crippen molar-refractivity contribution in [1.29, 1.82) is 0 Å². The number of hydrogen-bond acceptors (Lipinski definition) is 2. The summed E-state index contributed by atoms with van der Waals surface area (Å²) in [5, 5.41) is 0. The molecule has 2 nitrogen and oxygen atoms in total. The number of pyridine rings is 1. The van der Waals surface area contributed by atoms with E-state index in [0.717, 1.165) is 27.8 Å². The molecule has 0 saturated heterocycles. The normalized spacial score (nSPS) is 11.8. The first-order valence-electron chi connectivity index (χ1n) is 10.4. The van der Waals surface area contributed by atoms with Crippen molar-refractivity contribution >= 4 is 5.78 Å². The van der Waals surface area contributed by atoms with Crippen LogP contribution in [0.4, 0.5) is 4.39 Å². The molecule has 0 bridgehead atoms. The SMILES string of the molecule is Cc1cnc(F)cc1C(=O)CC(c1ccc(-c2ccccc2)cc1)c1ccccc1C. The highest BCUT2D eigenvalue weighted by molar-refractivity contribution is 5.98. The number of halogens is 1. The third-order valence-corrected chi connectivity index (χ3v) is 5.74. The zero-order valence-electron chi connectivity index (χ0n) is 17.7. The van der Waals surface area contributed by atoms with E-state index in [-0.39, 0.29) is 18.1 Å². The van der Waals surface area contributed by atoms with E-state index in [1.165, 1.54) is 12.3 Å². The van der Waals surface area contributed by atoms with E-state index in [4.69, 9.17) is 0 Å².